The fraction of sp³-hybridized carbons (Fsp3) is 0.500. The first-order valence-electron chi connectivity index (χ1n) is 8.34. The van der Waals surface area contributed by atoms with E-state index < -0.39 is 11.5 Å². The maximum Gasteiger partial charge on any atom is 0.305 e. The van der Waals surface area contributed by atoms with Crippen molar-refractivity contribution in [3.63, 3.8) is 0 Å². The fourth-order valence-electron chi connectivity index (χ4n) is 2.83. The smallest absolute Gasteiger partial charge is 0.305 e. The van der Waals surface area contributed by atoms with Crippen LogP contribution in [0.25, 0.3) is 0 Å². The highest BCUT2D eigenvalue weighted by Crippen LogP contribution is 2.25. The molecule has 0 saturated carbocycles. The first-order chi connectivity index (χ1) is 11.8. The van der Waals surface area contributed by atoms with E-state index in [1.165, 1.54) is 0 Å². The van der Waals surface area contributed by atoms with E-state index in [9.17, 15) is 14.4 Å². The van der Waals surface area contributed by atoms with E-state index >= 15 is 0 Å². The Bertz CT molecular complexity index is 633. The third-order valence-electron chi connectivity index (χ3n) is 4.15. The zero-order valence-corrected chi connectivity index (χ0v) is 14.5. The van der Waals surface area contributed by atoms with Gasteiger partial charge in [0.1, 0.15) is 0 Å². The molecule has 0 unspecified atom stereocenters. The van der Waals surface area contributed by atoms with Gasteiger partial charge >= 0.3 is 5.97 Å². The van der Waals surface area contributed by atoms with E-state index in [1.807, 2.05) is 13.8 Å². The Hall–Kier alpha value is -2.41. The third kappa shape index (κ3) is 5.29. The van der Waals surface area contributed by atoms with Crippen molar-refractivity contribution in [3.8, 4) is 0 Å². The van der Waals surface area contributed by atoms with Crippen molar-refractivity contribution < 1.29 is 24.2 Å². The van der Waals surface area contributed by atoms with Gasteiger partial charge < -0.3 is 20.5 Å². The van der Waals surface area contributed by atoms with Gasteiger partial charge in [-0.15, -0.1) is 0 Å². The highest BCUT2D eigenvalue weighted by atomic mass is 16.5. The van der Waals surface area contributed by atoms with Gasteiger partial charge in [0.05, 0.1) is 12.0 Å². The Morgan fingerprint density at radius 3 is 2.08 bits per heavy atom. The van der Waals surface area contributed by atoms with Gasteiger partial charge in [-0.25, -0.2) is 0 Å². The van der Waals surface area contributed by atoms with Crippen molar-refractivity contribution in [1.82, 2.24) is 10.6 Å². The number of carbonyl (C=O) groups excluding carboxylic acids is 2. The van der Waals surface area contributed by atoms with Crippen molar-refractivity contribution in [1.29, 1.82) is 0 Å². The summed E-state index contributed by atoms with van der Waals surface area (Å²) in [5.41, 5.74) is 0.0587. The van der Waals surface area contributed by atoms with Crippen LogP contribution in [0.4, 0.5) is 0 Å². The molecule has 7 heteroatoms. The van der Waals surface area contributed by atoms with Crippen molar-refractivity contribution in [2.24, 2.45) is 0 Å². The molecule has 1 aliphatic heterocycles. The molecule has 1 aromatic rings. The van der Waals surface area contributed by atoms with Crippen LogP contribution in [-0.2, 0) is 9.53 Å². The minimum atomic E-state index is -0.956. The molecule has 1 heterocycles. The molecule has 0 radical (unpaired) electrons. The normalized spacial score (nSPS) is 16.3. The van der Waals surface area contributed by atoms with Crippen LogP contribution in [-0.4, -0.2) is 47.7 Å². The van der Waals surface area contributed by atoms with Crippen molar-refractivity contribution in [2.75, 3.05) is 13.2 Å². The monoisotopic (exact) mass is 348 g/mol. The standard InChI is InChI=1S/C18H24N2O5/c1-12(2)19-16(23)13-3-5-14(6-4-13)17(24)20-18(11-15(21)22)7-9-25-10-8-18/h3-6,12H,7-11H2,1-2H3,(H,19,23)(H,20,24)(H,21,22). The number of ether oxygens (including phenoxy) is 1. The summed E-state index contributed by atoms with van der Waals surface area (Å²) in [6.45, 7) is 4.58. The third-order valence-corrected chi connectivity index (χ3v) is 4.15. The van der Waals surface area contributed by atoms with Crippen molar-refractivity contribution in [2.45, 2.75) is 44.7 Å². The lowest BCUT2D eigenvalue weighted by Crippen LogP contribution is -2.53. The molecule has 3 N–H and O–H groups in total. The maximum absolute atomic E-state index is 12.5. The Morgan fingerprint density at radius 2 is 1.60 bits per heavy atom. The van der Waals surface area contributed by atoms with Crippen LogP contribution in [0.1, 0.15) is 53.8 Å². The molecule has 2 rings (SSSR count). The SMILES string of the molecule is CC(C)NC(=O)c1ccc(C(=O)NC2(CC(=O)O)CCOCC2)cc1. The topological polar surface area (TPSA) is 105 Å². The highest BCUT2D eigenvalue weighted by molar-refractivity contribution is 5.98. The van der Waals surface area contributed by atoms with Crippen LogP contribution in [0.5, 0.6) is 0 Å². The predicted molar refractivity (Wildman–Crippen MR) is 91.5 cm³/mol. The molecule has 1 fully saturated rings. The lowest BCUT2D eigenvalue weighted by Gasteiger charge is -2.36. The summed E-state index contributed by atoms with van der Waals surface area (Å²) < 4.78 is 5.28. The van der Waals surface area contributed by atoms with Crippen LogP contribution in [0.15, 0.2) is 24.3 Å². The molecule has 25 heavy (non-hydrogen) atoms. The Balaban J connectivity index is 2.08. The summed E-state index contributed by atoms with van der Waals surface area (Å²) >= 11 is 0. The van der Waals surface area contributed by atoms with Gasteiger partial charge in [0.25, 0.3) is 11.8 Å². The number of benzene rings is 1. The molecule has 0 spiro atoms. The van der Waals surface area contributed by atoms with Gasteiger partial charge in [-0.2, -0.15) is 0 Å². The van der Waals surface area contributed by atoms with Gasteiger partial charge in [0, 0.05) is 30.4 Å². The molecule has 2 amide bonds. The van der Waals surface area contributed by atoms with Gasteiger partial charge in [-0.05, 0) is 51.0 Å². The fourth-order valence-corrected chi connectivity index (χ4v) is 2.83. The molecule has 0 aliphatic carbocycles. The van der Waals surface area contributed by atoms with Crippen LogP contribution < -0.4 is 10.6 Å². The molecule has 0 bridgehead atoms. The lowest BCUT2D eigenvalue weighted by atomic mass is 9.86. The van der Waals surface area contributed by atoms with Crippen molar-refractivity contribution >= 4 is 17.8 Å². The van der Waals surface area contributed by atoms with E-state index in [4.69, 9.17) is 9.84 Å². The lowest BCUT2D eigenvalue weighted by molar-refractivity contribution is -0.139. The van der Waals surface area contributed by atoms with Crippen LogP contribution >= 0.6 is 0 Å². The zero-order valence-electron chi connectivity index (χ0n) is 14.5. The van der Waals surface area contributed by atoms with Gasteiger partial charge in [-0.1, -0.05) is 0 Å². The van der Waals surface area contributed by atoms with E-state index in [1.54, 1.807) is 24.3 Å². The number of aliphatic carboxylic acids is 1. The number of hydrogen-bond acceptors (Lipinski definition) is 4. The molecule has 7 nitrogen and oxygen atoms in total. The second kappa shape index (κ2) is 8.11. The zero-order chi connectivity index (χ0) is 18.4. The van der Waals surface area contributed by atoms with E-state index in [2.05, 4.69) is 10.6 Å². The first-order valence-corrected chi connectivity index (χ1v) is 8.34. The molecule has 1 saturated heterocycles. The number of carboxylic acid groups (broad SMARTS) is 1. The molecule has 0 aromatic heterocycles. The van der Waals surface area contributed by atoms with E-state index in [0.717, 1.165) is 0 Å². The quantitative estimate of drug-likeness (QED) is 0.724. The minimum Gasteiger partial charge on any atom is -0.481 e. The minimum absolute atomic E-state index is 0.0277. The van der Waals surface area contributed by atoms with E-state index in [-0.39, 0.29) is 24.3 Å². The maximum atomic E-state index is 12.5. The van der Waals surface area contributed by atoms with Gasteiger partial charge in [-0.3, -0.25) is 14.4 Å². The predicted octanol–water partition coefficient (Wildman–Crippen LogP) is 1.58. The molecular weight excluding hydrogens is 324 g/mol. The first kappa shape index (κ1) is 18.9. The van der Waals surface area contributed by atoms with Gasteiger partial charge in [0.15, 0.2) is 0 Å². The number of hydrogen-bond donors (Lipinski definition) is 3. The molecular formula is C18H24N2O5. The number of amides is 2. The summed E-state index contributed by atoms with van der Waals surface area (Å²) in [6, 6.07) is 6.33. The molecule has 1 aromatic carbocycles. The second-order valence-electron chi connectivity index (χ2n) is 6.62. The summed E-state index contributed by atoms with van der Waals surface area (Å²) in [6.07, 6.45) is 0.775. The number of carbonyl (C=O) groups is 3. The number of nitrogens with one attached hydrogen (secondary N) is 2. The van der Waals surface area contributed by atoms with Crippen LogP contribution in [0, 0.1) is 0 Å². The highest BCUT2D eigenvalue weighted by Gasteiger charge is 2.36. The summed E-state index contributed by atoms with van der Waals surface area (Å²) in [5.74, 6) is -1.50. The van der Waals surface area contributed by atoms with Crippen LogP contribution in [0.3, 0.4) is 0 Å². The van der Waals surface area contributed by atoms with Crippen LogP contribution in [0.2, 0.25) is 0 Å². The summed E-state index contributed by atoms with van der Waals surface area (Å²) in [5, 5.41) is 14.8. The summed E-state index contributed by atoms with van der Waals surface area (Å²) in [7, 11) is 0. The average Bonchev–Trinajstić information content (AvgIpc) is 2.54. The largest absolute Gasteiger partial charge is 0.481 e. The molecule has 136 valence electrons. The Morgan fingerprint density at radius 1 is 1.08 bits per heavy atom. The second-order valence-corrected chi connectivity index (χ2v) is 6.62. The number of carboxylic acids is 1. The number of rotatable bonds is 6. The Labute approximate surface area is 146 Å². The Kier molecular flexibility index (Phi) is 6.14. The van der Waals surface area contributed by atoms with E-state index in [0.29, 0.717) is 37.2 Å². The summed E-state index contributed by atoms with van der Waals surface area (Å²) in [4.78, 5) is 35.6. The average molecular weight is 348 g/mol. The molecule has 0 atom stereocenters. The van der Waals surface area contributed by atoms with Gasteiger partial charge in [0.2, 0.25) is 0 Å². The molecule has 1 aliphatic rings. The van der Waals surface area contributed by atoms with Crippen molar-refractivity contribution in [3.05, 3.63) is 35.4 Å².